The van der Waals surface area contributed by atoms with Crippen molar-refractivity contribution < 1.29 is 18.0 Å². The molecule has 0 spiro atoms. The lowest BCUT2D eigenvalue weighted by atomic mass is 9.99. The number of hydrogen-bond donors (Lipinski definition) is 2. The summed E-state index contributed by atoms with van der Waals surface area (Å²) in [7, 11) is -3.82. The number of rotatable bonds is 5. The molecule has 2 heterocycles. The van der Waals surface area contributed by atoms with Gasteiger partial charge in [0.15, 0.2) is 5.25 Å². The Bertz CT molecular complexity index is 1150. The molecule has 32 heavy (non-hydrogen) atoms. The summed E-state index contributed by atoms with van der Waals surface area (Å²) in [6, 6.07) is 11.5. The monoisotopic (exact) mass is 493 g/mol. The third-order valence-corrected chi connectivity index (χ3v) is 8.76. The zero-order valence-electron chi connectivity index (χ0n) is 17.5. The van der Waals surface area contributed by atoms with E-state index in [4.69, 9.17) is 11.6 Å². The van der Waals surface area contributed by atoms with Crippen LogP contribution in [0.25, 0.3) is 0 Å². The van der Waals surface area contributed by atoms with Gasteiger partial charge in [0, 0.05) is 29.6 Å². The molecule has 2 amide bonds. The van der Waals surface area contributed by atoms with Crippen LogP contribution in [0.1, 0.15) is 25.3 Å². The zero-order valence-corrected chi connectivity index (χ0v) is 19.9. The lowest BCUT2D eigenvalue weighted by Crippen LogP contribution is -2.47. The van der Waals surface area contributed by atoms with Gasteiger partial charge in [-0.3, -0.25) is 9.59 Å². The van der Waals surface area contributed by atoms with Gasteiger partial charge in [0.1, 0.15) is 0 Å². The quantitative estimate of drug-likeness (QED) is 0.621. The van der Waals surface area contributed by atoms with Gasteiger partial charge < -0.3 is 10.2 Å². The molecule has 2 aliphatic heterocycles. The number of nitrogens with one attached hydrogen (secondary N) is 2. The van der Waals surface area contributed by atoms with E-state index < -0.39 is 21.2 Å². The van der Waals surface area contributed by atoms with E-state index in [1.165, 1.54) is 12.1 Å². The number of piperidine rings is 1. The van der Waals surface area contributed by atoms with Gasteiger partial charge in [0.25, 0.3) is 0 Å². The Hall–Kier alpha value is -2.07. The van der Waals surface area contributed by atoms with Gasteiger partial charge in [-0.05, 0) is 48.6 Å². The van der Waals surface area contributed by atoms with Crippen LogP contribution in [0.3, 0.4) is 0 Å². The van der Waals surface area contributed by atoms with E-state index in [9.17, 15) is 18.0 Å². The van der Waals surface area contributed by atoms with Crippen molar-refractivity contribution in [2.24, 2.45) is 5.92 Å². The van der Waals surface area contributed by atoms with Gasteiger partial charge in [-0.25, -0.2) is 13.1 Å². The zero-order chi connectivity index (χ0) is 22.9. The Morgan fingerprint density at radius 1 is 1.22 bits per heavy atom. The molecule has 0 radical (unpaired) electrons. The number of halogens is 1. The van der Waals surface area contributed by atoms with E-state index in [1.807, 2.05) is 0 Å². The maximum absolute atomic E-state index is 12.9. The Balaban J connectivity index is 1.47. The molecule has 2 aromatic rings. The van der Waals surface area contributed by atoms with Crippen molar-refractivity contribution in [3.8, 4) is 0 Å². The summed E-state index contributed by atoms with van der Waals surface area (Å²) < 4.78 is 28.0. The minimum Gasteiger partial charge on any atom is -0.341 e. The van der Waals surface area contributed by atoms with E-state index in [2.05, 4.69) is 17.0 Å². The smallest absolute Gasteiger partial charge is 0.247 e. The second-order valence-corrected chi connectivity index (χ2v) is 11.4. The van der Waals surface area contributed by atoms with Crippen LogP contribution in [0, 0.1) is 5.92 Å². The average Bonchev–Trinajstić information content (AvgIpc) is 2.78. The van der Waals surface area contributed by atoms with Crippen LogP contribution in [-0.4, -0.2) is 43.5 Å². The highest BCUT2D eigenvalue weighted by Gasteiger charge is 2.37. The topological polar surface area (TPSA) is 95.6 Å². The van der Waals surface area contributed by atoms with Crippen LogP contribution >= 0.6 is 23.4 Å². The normalized spacial score (nSPS) is 19.4. The fourth-order valence-corrected chi connectivity index (χ4v) is 6.00. The number of amides is 2. The Kier molecular flexibility index (Phi) is 6.80. The number of sulfonamides is 1. The molecule has 0 aliphatic carbocycles. The first kappa shape index (κ1) is 23.1. The molecule has 2 aliphatic rings. The molecule has 0 aromatic heterocycles. The first-order valence-electron chi connectivity index (χ1n) is 10.4. The van der Waals surface area contributed by atoms with Crippen molar-refractivity contribution in [2.45, 2.75) is 41.4 Å². The lowest BCUT2D eigenvalue weighted by molar-refractivity contribution is -0.135. The number of nitrogens with zero attached hydrogens (tertiary/aromatic N) is 1. The third-order valence-electron chi connectivity index (χ3n) is 5.73. The third kappa shape index (κ3) is 4.96. The van der Waals surface area contributed by atoms with Gasteiger partial charge in [-0.15, -0.1) is 11.8 Å². The molecule has 4 rings (SSSR count). The van der Waals surface area contributed by atoms with Crippen molar-refractivity contribution in [3.63, 3.8) is 0 Å². The van der Waals surface area contributed by atoms with E-state index >= 15 is 0 Å². The molecule has 0 bridgehead atoms. The highest BCUT2D eigenvalue weighted by molar-refractivity contribution is 8.01. The second-order valence-electron chi connectivity index (χ2n) is 8.07. The van der Waals surface area contributed by atoms with Crippen molar-refractivity contribution >= 4 is 50.9 Å². The summed E-state index contributed by atoms with van der Waals surface area (Å²) in [4.78, 5) is 28.0. The van der Waals surface area contributed by atoms with Crippen LogP contribution in [-0.2, 0) is 26.2 Å². The number of benzene rings is 2. The summed E-state index contributed by atoms with van der Waals surface area (Å²) >= 11 is 7.26. The van der Waals surface area contributed by atoms with Crippen molar-refractivity contribution in [1.29, 1.82) is 0 Å². The number of thioether (sulfide) groups is 1. The molecule has 1 fully saturated rings. The summed E-state index contributed by atoms with van der Waals surface area (Å²) in [5, 5.41) is 2.32. The number of likely N-dealkylation sites (tertiary alicyclic amines) is 1. The molecule has 7 nitrogen and oxygen atoms in total. The number of carbonyl (C=O) groups excluding carboxylic acids is 2. The summed E-state index contributed by atoms with van der Waals surface area (Å²) in [6.07, 6.45) is 1.87. The van der Waals surface area contributed by atoms with Crippen molar-refractivity contribution in [2.75, 3.05) is 18.4 Å². The highest BCUT2D eigenvalue weighted by atomic mass is 35.5. The molecule has 0 unspecified atom stereocenters. The number of hydrogen-bond acceptors (Lipinski definition) is 5. The SMILES string of the molecule is CC1CCN(C(=O)[C@@H]2Sc3ccc(S(=O)(=O)NCc4ccccc4Cl)cc3NC2=O)CC1. The van der Waals surface area contributed by atoms with Crippen LogP contribution in [0.2, 0.25) is 5.02 Å². The van der Waals surface area contributed by atoms with Gasteiger partial charge in [0.05, 0.1) is 10.6 Å². The predicted molar refractivity (Wildman–Crippen MR) is 125 cm³/mol. The van der Waals surface area contributed by atoms with E-state index in [0.29, 0.717) is 40.2 Å². The Morgan fingerprint density at radius 2 is 1.94 bits per heavy atom. The van der Waals surface area contributed by atoms with E-state index in [0.717, 1.165) is 24.6 Å². The largest absolute Gasteiger partial charge is 0.341 e. The Labute approximate surface area is 196 Å². The van der Waals surface area contributed by atoms with Gasteiger partial charge in [-0.1, -0.05) is 36.7 Å². The van der Waals surface area contributed by atoms with Gasteiger partial charge in [-0.2, -0.15) is 0 Å². The molecular weight excluding hydrogens is 470 g/mol. The van der Waals surface area contributed by atoms with Crippen LogP contribution in [0.4, 0.5) is 5.69 Å². The highest BCUT2D eigenvalue weighted by Crippen LogP contribution is 2.38. The van der Waals surface area contributed by atoms with Gasteiger partial charge in [0.2, 0.25) is 21.8 Å². The summed E-state index contributed by atoms with van der Waals surface area (Å²) in [5.41, 5.74) is 1.05. The minimum absolute atomic E-state index is 0.0269. The maximum atomic E-state index is 12.9. The van der Waals surface area contributed by atoms with E-state index in [1.54, 1.807) is 35.2 Å². The number of fused-ring (bicyclic) bond motifs is 1. The van der Waals surface area contributed by atoms with E-state index in [-0.39, 0.29) is 17.3 Å². The van der Waals surface area contributed by atoms with Crippen LogP contribution in [0.15, 0.2) is 52.3 Å². The molecule has 1 atom stereocenters. The summed E-state index contributed by atoms with van der Waals surface area (Å²) in [6.45, 7) is 3.53. The number of anilines is 1. The van der Waals surface area contributed by atoms with Gasteiger partial charge >= 0.3 is 0 Å². The second kappa shape index (κ2) is 9.43. The fourth-order valence-electron chi connectivity index (χ4n) is 3.71. The predicted octanol–water partition coefficient (Wildman–Crippen LogP) is 3.49. The molecule has 170 valence electrons. The van der Waals surface area contributed by atoms with Crippen molar-refractivity contribution in [3.05, 3.63) is 53.1 Å². The molecular formula is C22H24ClN3O4S2. The van der Waals surface area contributed by atoms with Crippen LogP contribution in [0.5, 0.6) is 0 Å². The molecule has 1 saturated heterocycles. The first-order valence-corrected chi connectivity index (χ1v) is 13.1. The molecule has 2 N–H and O–H groups in total. The lowest BCUT2D eigenvalue weighted by Gasteiger charge is -2.33. The Morgan fingerprint density at radius 3 is 2.66 bits per heavy atom. The standard InChI is InChI=1S/C22H24ClN3O4S2/c1-14-8-10-26(11-9-14)22(28)20-21(27)25-18-12-16(6-7-19(18)31-20)32(29,30)24-13-15-4-2-3-5-17(15)23/h2-7,12,14,20,24H,8-11,13H2,1H3,(H,25,27)/t20-/m1/s1. The fraction of sp³-hybridized carbons (Fsp3) is 0.364. The number of carbonyl (C=O) groups is 2. The first-order chi connectivity index (χ1) is 15.2. The van der Waals surface area contributed by atoms with Crippen molar-refractivity contribution in [1.82, 2.24) is 9.62 Å². The molecule has 10 heteroatoms. The molecule has 2 aromatic carbocycles. The van der Waals surface area contributed by atoms with Crippen LogP contribution < -0.4 is 10.0 Å². The maximum Gasteiger partial charge on any atom is 0.247 e. The summed E-state index contributed by atoms with van der Waals surface area (Å²) in [5.74, 6) is -0.0349. The minimum atomic E-state index is -3.82. The average molecular weight is 494 g/mol. The molecule has 0 saturated carbocycles.